The number of nitrogens with one attached hydrogen (secondary N) is 2. The molecule has 98 valence electrons. The van der Waals surface area contributed by atoms with Crippen LogP contribution >= 0.6 is 0 Å². The Bertz CT molecular complexity index is 243. The summed E-state index contributed by atoms with van der Waals surface area (Å²) in [6, 6.07) is 0.396. The lowest BCUT2D eigenvalue weighted by Gasteiger charge is -2.30. The van der Waals surface area contributed by atoms with Crippen molar-refractivity contribution in [3.05, 3.63) is 0 Å². The minimum absolute atomic E-state index is 0.214. The van der Waals surface area contributed by atoms with Crippen molar-refractivity contribution in [1.29, 1.82) is 0 Å². The number of likely N-dealkylation sites (tertiary alicyclic amines) is 1. The van der Waals surface area contributed by atoms with Crippen molar-refractivity contribution in [1.82, 2.24) is 15.5 Å². The SMILES string of the molecule is CC1CCN(CC(=O)NC2CCNCC2)CC1. The molecule has 0 spiro atoms. The van der Waals surface area contributed by atoms with Crippen molar-refractivity contribution in [3.8, 4) is 0 Å². The molecule has 0 saturated carbocycles. The van der Waals surface area contributed by atoms with Crippen LogP contribution < -0.4 is 10.6 Å². The summed E-state index contributed by atoms with van der Waals surface area (Å²) in [7, 11) is 0. The highest BCUT2D eigenvalue weighted by molar-refractivity contribution is 5.78. The maximum Gasteiger partial charge on any atom is 0.234 e. The first-order valence-electron chi connectivity index (χ1n) is 6.96. The van der Waals surface area contributed by atoms with E-state index in [4.69, 9.17) is 0 Å². The average molecular weight is 239 g/mol. The van der Waals surface area contributed by atoms with Crippen LogP contribution in [0.15, 0.2) is 0 Å². The molecule has 2 saturated heterocycles. The second kappa shape index (κ2) is 6.36. The maximum absolute atomic E-state index is 11.9. The Balaban J connectivity index is 1.66. The van der Waals surface area contributed by atoms with Crippen LogP contribution in [0.25, 0.3) is 0 Å². The van der Waals surface area contributed by atoms with Gasteiger partial charge in [-0.25, -0.2) is 0 Å². The number of rotatable bonds is 3. The van der Waals surface area contributed by atoms with Crippen molar-refractivity contribution in [3.63, 3.8) is 0 Å². The molecule has 2 heterocycles. The zero-order valence-corrected chi connectivity index (χ0v) is 10.9. The molecular weight excluding hydrogens is 214 g/mol. The summed E-state index contributed by atoms with van der Waals surface area (Å²) >= 11 is 0. The Hall–Kier alpha value is -0.610. The van der Waals surface area contributed by atoms with Crippen LogP contribution in [-0.4, -0.2) is 49.6 Å². The van der Waals surface area contributed by atoms with Gasteiger partial charge in [-0.3, -0.25) is 9.69 Å². The minimum Gasteiger partial charge on any atom is -0.352 e. The normalized spacial score (nSPS) is 24.8. The van der Waals surface area contributed by atoms with Gasteiger partial charge in [0.2, 0.25) is 5.91 Å². The molecule has 2 rings (SSSR count). The predicted molar refractivity (Wildman–Crippen MR) is 68.9 cm³/mol. The summed E-state index contributed by atoms with van der Waals surface area (Å²) in [6.45, 7) is 7.13. The van der Waals surface area contributed by atoms with Crippen LogP contribution in [0.4, 0.5) is 0 Å². The van der Waals surface area contributed by atoms with Crippen LogP contribution in [0.1, 0.15) is 32.6 Å². The number of piperidine rings is 2. The summed E-state index contributed by atoms with van der Waals surface area (Å²) in [6.07, 6.45) is 4.62. The first-order valence-corrected chi connectivity index (χ1v) is 6.96. The summed E-state index contributed by atoms with van der Waals surface area (Å²) in [4.78, 5) is 14.2. The Kier molecular flexibility index (Phi) is 4.80. The van der Waals surface area contributed by atoms with Gasteiger partial charge in [0.1, 0.15) is 0 Å². The van der Waals surface area contributed by atoms with E-state index in [-0.39, 0.29) is 5.91 Å². The van der Waals surface area contributed by atoms with E-state index in [1.807, 2.05) is 0 Å². The summed E-state index contributed by atoms with van der Waals surface area (Å²) in [5.41, 5.74) is 0. The molecule has 2 N–H and O–H groups in total. The monoisotopic (exact) mass is 239 g/mol. The van der Waals surface area contributed by atoms with Gasteiger partial charge in [-0.1, -0.05) is 6.92 Å². The molecule has 2 aliphatic heterocycles. The van der Waals surface area contributed by atoms with E-state index < -0.39 is 0 Å². The number of carbonyl (C=O) groups excluding carboxylic acids is 1. The largest absolute Gasteiger partial charge is 0.352 e. The van der Waals surface area contributed by atoms with E-state index in [0.717, 1.165) is 44.9 Å². The smallest absolute Gasteiger partial charge is 0.234 e. The number of carbonyl (C=O) groups is 1. The minimum atomic E-state index is 0.214. The molecule has 0 unspecified atom stereocenters. The first kappa shape index (κ1) is 12.8. The second-order valence-electron chi connectivity index (χ2n) is 5.55. The van der Waals surface area contributed by atoms with Gasteiger partial charge in [-0.05, 0) is 57.8 Å². The van der Waals surface area contributed by atoms with Crippen molar-refractivity contribution in [2.45, 2.75) is 38.6 Å². The fraction of sp³-hybridized carbons (Fsp3) is 0.923. The van der Waals surface area contributed by atoms with Crippen molar-refractivity contribution >= 4 is 5.91 Å². The number of hydrogen-bond acceptors (Lipinski definition) is 3. The van der Waals surface area contributed by atoms with Crippen LogP contribution in [0, 0.1) is 5.92 Å². The summed E-state index contributed by atoms with van der Waals surface area (Å²) < 4.78 is 0. The number of nitrogens with zero attached hydrogens (tertiary/aromatic N) is 1. The van der Waals surface area contributed by atoms with Crippen molar-refractivity contribution in [2.75, 3.05) is 32.7 Å². The third-order valence-corrected chi connectivity index (χ3v) is 3.95. The van der Waals surface area contributed by atoms with Gasteiger partial charge in [0, 0.05) is 6.04 Å². The average Bonchev–Trinajstić information content (AvgIpc) is 2.33. The topological polar surface area (TPSA) is 44.4 Å². The van der Waals surface area contributed by atoms with Gasteiger partial charge in [0.15, 0.2) is 0 Å². The van der Waals surface area contributed by atoms with Gasteiger partial charge < -0.3 is 10.6 Å². The van der Waals surface area contributed by atoms with E-state index in [0.29, 0.717) is 12.6 Å². The third kappa shape index (κ3) is 4.28. The Morgan fingerprint density at radius 2 is 1.88 bits per heavy atom. The van der Waals surface area contributed by atoms with Gasteiger partial charge in [-0.2, -0.15) is 0 Å². The standard InChI is InChI=1S/C13H25N3O/c1-11-4-8-16(9-5-11)10-13(17)15-12-2-6-14-7-3-12/h11-12,14H,2-10H2,1H3,(H,15,17). The van der Waals surface area contributed by atoms with Crippen LogP contribution in [-0.2, 0) is 4.79 Å². The quantitative estimate of drug-likeness (QED) is 0.757. The molecule has 2 fully saturated rings. The highest BCUT2D eigenvalue weighted by atomic mass is 16.2. The highest BCUT2D eigenvalue weighted by Gasteiger charge is 2.20. The van der Waals surface area contributed by atoms with Gasteiger partial charge >= 0.3 is 0 Å². The molecule has 0 bridgehead atoms. The summed E-state index contributed by atoms with van der Waals surface area (Å²) in [5.74, 6) is 1.05. The van der Waals surface area contributed by atoms with Crippen molar-refractivity contribution < 1.29 is 4.79 Å². The molecule has 1 amide bonds. The van der Waals surface area contributed by atoms with Crippen LogP contribution in [0.2, 0.25) is 0 Å². The fourth-order valence-electron chi connectivity index (χ4n) is 2.66. The van der Waals surface area contributed by atoms with E-state index in [1.54, 1.807) is 0 Å². The number of hydrogen-bond donors (Lipinski definition) is 2. The molecule has 0 aliphatic carbocycles. The molecule has 0 aromatic carbocycles. The van der Waals surface area contributed by atoms with Crippen molar-refractivity contribution in [2.24, 2.45) is 5.92 Å². The number of amides is 1. The first-order chi connectivity index (χ1) is 8.24. The van der Waals surface area contributed by atoms with E-state index >= 15 is 0 Å². The predicted octanol–water partition coefficient (Wildman–Crippen LogP) is 0.587. The molecule has 0 aromatic heterocycles. The van der Waals surface area contributed by atoms with E-state index in [1.165, 1.54) is 12.8 Å². The highest BCUT2D eigenvalue weighted by Crippen LogP contribution is 2.15. The second-order valence-corrected chi connectivity index (χ2v) is 5.55. The van der Waals surface area contributed by atoms with E-state index in [9.17, 15) is 4.79 Å². The zero-order chi connectivity index (χ0) is 12.1. The van der Waals surface area contributed by atoms with Gasteiger partial charge in [-0.15, -0.1) is 0 Å². The Labute approximate surface area is 104 Å². The van der Waals surface area contributed by atoms with Gasteiger partial charge in [0.25, 0.3) is 0 Å². The summed E-state index contributed by atoms with van der Waals surface area (Å²) in [5, 5.41) is 6.47. The van der Waals surface area contributed by atoms with Gasteiger partial charge in [0.05, 0.1) is 6.54 Å². The molecule has 0 atom stereocenters. The molecule has 4 heteroatoms. The molecule has 2 aliphatic rings. The lowest BCUT2D eigenvalue weighted by Crippen LogP contribution is -2.47. The molecular formula is C13H25N3O. The Morgan fingerprint density at radius 3 is 2.53 bits per heavy atom. The lowest BCUT2D eigenvalue weighted by molar-refractivity contribution is -0.123. The van der Waals surface area contributed by atoms with Crippen LogP contribution in [0.3, 0.4) is 0 Å². The maximum atomic E-state index is 11.9. The van der Waals surface area contributed by atoms with E-state index in [2.05, 4.69) is 22.5 Å². The van der Waals surface area contributed by atoms with Crippen LogP contribution in [0.5, 0.6) is 0 Å². The molecule has 0 aromatic rings. The third-order valence-electron chi connectivity index (χ3n) is 3.95. The molecule has 4 nitrogen and oxygen atoms in total. The molecule has 17 heavy (non-hydrogen) atoms. The Morgan fingerprint density at radius 1 is 1.24 bits per heavy atom. The lowest BCUT2D eigenvalue weighted by atomic mass is 9.99. The fourth-order valence-corrected chi connectivity index (χ4v) is 2.66. The zero-order valence-electron chi connectivity index (χ0n) is 10.9. The molecule has 0 radical (unpaired) electrons.